The Morgan fingerprint density at radius 1 is 1.37 bits per heavy atom. The predicted molar refractivity (Wildman–Crippen MR) is 69.5 cm³/mol. The summed E-state index contributed by atoms with van der Waals surface area (Å²) >= 11 is 0. The van der Waals surface area contributed by atoms with Gasteiger partial charge in [-0.2, -0.15) is 0 Å². The van der Waals surface area contributed by atoms with Crippen LogP contribution in [-0.4, -0.2) is 35.6 Å². The highest BCUT2D eigenvalue weighted by Gasteiger charge is 2.58. The van der Waals surface area contributed by atoms with Crippen molar-refractivity contribution in [3.05, 3.63) is 48.6 Å². The first-order chi connectivity index (χ1) is 9.14. The molecule has 0 amide bonds. The lowest BCUT2D eigenvalue weighted by Crippen LogP contribution is -2.45. The molecule has 0 aliphatic carbocycles. The Morgan fingerprint density at radius 3 is 2.74 bits per heavy atom. The minimum absolute atomic E-state index is 0.157. The molecular formula is C15H18O4. The number of rotatable bonds is 3. The monoisotopic (exact) mass is 262 g/mol. The molecule has 2 aliphatic rings. The molecule has 2 heterocycles. The molecule has 102 valence electrons. The molecule has 5 atom stereocenters. The summed E-state index contributed by atoms with van der Waals surface area (Å²) in [6.07, 6.45) is 0.0810. The Kier molecular flexibility index (Phi) is 3.19. The van der Waals surface area contributed by atoms with E-state index < -0.39 is 18.0 Å². The normalized spacial score (nSPS) is 41.8. The summed E-state index contributed by atoms with van der Waals surface area (Å²) in [4.78, 5) is 0. The molecule has 0 bridgehead atoms. The number of hydrogen-bond acceptors (Lipinski definition) is 4. The van der Waals surface area contributed by atoms with E-state index in [2.05, 4.69) is 6.58 Å². The second-order valence-corrected chi connectivity index (χ2v) is 5.17. The highest BCUT2D eigenvalue weighted by molar-refractivity contribution is 5.18. The maximum absolute atomic E-state index is 10.0. The van der Waals surface area contributed by atoms with E-state index in [1.165, 1.54) is 0 Å². The van der Waals surface area contributed by atoms with Crippen molar-refractivity contribution in [2.75, 3.05) is 6.61 Å². The molecule has 4 nitrogen and oxygen atoms in total. The molecule has 4 heteroatoms. The topological polar surface area (TPSA) is 51.2 Å². The van der Waals surface area contributed by atoms with E-state index in [0.717, 1.165) is 5.56 Å². The molecule has 0 radical (unpaired) electrons. The van der Waals surface area contributed by atoms with Gasteiger partial charge in [0.05, 0.1) is 6.61 Å². The summed E-state index contributed by atoms with van der Waals surface area (Å²) < 4.78 is 17.0. The Balaban J connectivity index is 1.73. The summed E-state index contributed by atoms with van der Waals surface area (Å²) in [6, 6.07) is 9.70. The van der Waals surface area contributed by atoms with Gasteiger partial charge in [-0.25, -0.2) is 0 Å². The molecule has 2 aliphatic heterocycles. The van der Waals surface area contributed by atoms with Gasteiger partial charge in [0.1, 0.15) is 23.9 Å². The number of benzene rings is 1. The van der Waals surface area contributed by atoms with Crippen molar-refractivity contribution in [3.8, 4) is 0 Å². The van der Waals surface area contributed by atoms with Crippen LogP contribution >= 0.6 is 0 Å². The minimum atomic E-state index is -0.674. The summed E-state index contributed by atoms with van der Waals surface area (Å²) in [5.41, 5.74) is 0.546. The molecule has 0 unspecified atom stereocenters. The van der Waals surface area contributed by atoms with Crippen LogP contribution in [-0.2, 0) is 14.2 Å². The third-order valence-corrected chi connectivity index (χ3v) is 3.74. The van der Waals surface area contributed by atoms with Crippen LogP contribution < -0.4 is 0 Å². The molecule has 2 saturated heterocycles. The lowest BCUT2D eigenvalue weighted by molar-refractivity contribution is -0.260. The highest BCUT2D eigenvalue weighted by Crippen LogP contribution is 2.44. The average molecular weight is 262 g/mol. The van der Waals surface area contributed by atoms with E-state index in [4.69, 9.17) is 14.2 Å². The van der Waals surface area contributed by atoms with Gasteiger partial charge >= 0.3 is 0 Å². The number of epoxide rings is 1. The molecule has 0 spiro atoms. The Hall–Kier alpha value is -1.20. The van der Waals surface area contributed by atoms with Gasteiger partial charge in [0.15, 0.2) is 6.29 Å². The minimum Gasteiger partial charge on any atom is -0.388 e. The summed E-state index contributed by atoms with van der Waals surface area (Å²) in [6.45, 7) is 5.93. The zero-order chi connectivity index (χ0) is 13.5. The first-order valence-corrected chi connectivity index (χ1v) is 6.45. The SMILES string of the molecule is C=C[C@@]1(C)O[C@@H]1[C@@H]1O[C@H](c2ccccc2)OC[C@H]1O. The van der Waals surface area contributed by atoms with Crippen LogP contribution in [0.5, 0.6) is 0 Å². The lowest BCUT2D eigenvalue weighted by atomic mass is 9.99. The molecule has 1 aromatic rings. The fraction of sp³-hybridized carbons (Fsp3) is 0.467. The quantitative estimate of drug-likeness (QED) is 0.666. The van der Waals surface area contributed by atoms with E-state index in [1.54, 1.807) is 6.08 Å². The van der Waals surface area contributed by atoms with Gasteiger partial charge in [0, 0.05) is 5.56 Å². The lowest BCUT2D eigenvalue weighted by Gasteiger charge is -2.33. The van der Waals surface area contributed by atoms with E-state index in [1.807, 2.05) is 37.3 Å². The van der Waals surface area contributed by atoms with Crippen LogP contribution in [0.25, 0.3) is 0 Å². The molecule has 2 fully saturated rings. The van der Waals surface area contributed by atoms with Gasteiger partial charge in [0.25, 0.3) is 0 Å². The first kappa shape index (κ1) is 12.8. The zero-order valence-corrected chi connectivity index (χ0v) is 10.9. The number of hydrogen-bond donors (Lipinski definition) is 1. The maximum atomic E-state index is 10.0. The average Bonchev–Trinajstić information content (AvgIpc) is 3.13. The smallest absolute Gasteiger partial charge is 0.184 e. The number of aliphatic hydroxyl groups is 1. The highest BCUT2D eigenvalue weighted by atomic mass is 16.7. The van der Waals surface area contributed by atoms with Crippen LogP contribution in [0.4, 0.5) is 0 Å². The summed E-state index contributed by atoms with van der Waals surface area (Å²) in [5.74, 6) is 0. The fourth-order valence-electron chi connectivity index (χ4n) is 2.41. The van der Waals surface area contributed by atoms with Gasteiger partial charge in [-0.1, -0.05) is 36.4 Å². The van der Waals surface area contributed by atoms with Gasteiger partial charge in [-0.3, -0.25) is 0 Å². The van der Waals surface area contributed by atoms with Crippen LogP contribution in [0.15, 0.2) is 43.0 Å². The molecule has 0 saturated carbocycles. The van der Waals surface area contributed by atoms with Crippen molar-refractivity contribution in [1.82, 2.24) is 0 Å². The van der Waals surface area contributed by atoms with Crippen LogP contribution in [0, 0.1) is 0 Å². The Morgan fingerprint density at radius 2 is 2.11 bits per heavy atom. The van der Waals surface area contributed by atoms with Crippen molar-refractivity contribution in [1.29, 1.82) is 0 Å². The predicted octanol–water partition coefficient (Wildman–Crippen LogP) is 1.81. The summed E-state index contributed by atoms with van der Waals surface area (Å²) in [5, 5.41) is 10.0. The van der Waals surface area contributed by atoms with Crippen molar-refractivity contribution in [3.63, 3.8) is 0 Å². The third-order valence-electron chi connectivity index (χ3n) is 3.74. The number of aliphatic hydroxyl groups excluding tert-OH is 1. The molecular weight excluding hydrogens is 244 g/mol. The van der Waals surface area contributed by atoms with Gasteiger partial charge in [0.2, 0.25) is 0 Å². The van der Waals surface area contributed by atoms with Crippen LogP contribution in [0.3, 0.4) is 0 Å². The Labute approximate surface area is 112 Å². The molecule has 1 N–H and O–H groups in total. The van der Waals surface area contributed by atoms with Crippen molar-refractivity contribution >= 4 is 0 Å². The van der Waals surface area contributed by atoms with E-state index in [9.17, 15) is 5.11 Å². The van der Waals surface area contributed by atoms with E-state index in [0.29, 0.717) is 0 Å². The largest absolute Gasteiger partial charge is 0.388 e. The zero-order valence-electron chi connectivity index (χ0n) is 10.9. The third kappa shape index (κ3) is 2.32. The van der Waals surface area contributed by atoms with E-state index in [-0.39, 0.29) is 18.8 Å². The molecule has 3 rings (SSSR count). The Bertz CT molecular complexity index is 460. The van der Waals surface area contributed by atoms with Crippen LogP contribution in [0.1, 0.15) is 18.8 Å². The van der Waals surface area contributed by atoms with E-state index >= 15 is 0 Å². The molecule has 1 aromatic carbocycles. The van der Waals surface area contributed by atoms with Gasteiger partial charge in [-0.05, 0) is 6.92 Å². The maximum Gasteiger partial charge on any atom is 0.184 e. The second kappa shape index (κ2) is 4.72. The van der Waals surface area contributed by atoms with Crippen molar-refractivity contribution in [2.45, 2.75) is 37.1 Å². The number of ether oxygens (including phenoxy) is 3. The van der Waals surface area contributed by atoms with Crippen molar-refractivity contribution < 1.29 is 19.3 Å². The van der Waals surface area contributed by atoms with Gasteiger partial charge in [-0.15, -0.1) is 6.58 Å². The first-order valence-electron chi connectivity index (χ1n) is 6.45. The van der Waals surface area contributed by atoms with Gasteiger partial charge < -0.3 is 19.3 Å². The van der Waals surface area contributed by atoms with Crippen LogP contribution in [0.2, 0.25) is 0 Å². The standard InChI is InChI=1S/C15H18O4/c1-3-15(2)13(19-15)12-11(16)9-17-14(18-12)10-7-5-4-6-8-10/h3-8,11-14,16H,1,9H2,2H3/t11-,12-,13-,14-,15-/m1/s1. The fourth-order valence-corrected chi connectivity index (χ4v) is 2.41. The molecule has 0 aromatic heterocycles. The summed E-state index contributed by atoms with van der Waals surface area (Å²) in [7, 11) is 0. The van der Waals surface area contributed by atoms with Crippen molar-refractivity contribution in [2.24, 2.45) is 0 Å². The second-order valence-electron chi connectivity index (χ2n) is 5.17. The molecule has 19 heavy (non-hydrogen) atoms.